The number of imidazole rings is 1. The number of rotatable bonds is 3. The van der Waals surface area contributed by atoms with Gasteiger partial charge in [-0.05, 0) is 31.9 Å². The summed E-state index contributed by atoms with van der Waals surface area (Å²) in [6.45, 7) is 1.88. The van der Waals surface area contributed by atoms with Gasteiger partial charge in [-0.25, -0.2) is 4.98 Å². The average Bonchev–Trinajstić information content (AvgIpc) is 3.15. The third-order valence-corrected chi connectivity index (χ3v) is 3.39. The van der Waals surface area contributed by atoms with Crippen LogP contribution in [-0.4, -0.2) is 15.5 Å². The zero-order valence-corrected chi connectivity index (χ0v) is 10.6. The molecule has 4 heteroatoms. The standard InChI is InChI=1S/C14H16N2O2/c1-9(18-14(17)10-7-8-10)13-15-11-5-3-4-6-12(11)16(13)2/h3-6,9-10H,7-8H2,1-2H3. The molecule has 1 aromatic heterocycles. The summed E-state index contributed by atoms with van der Waals surface area (Å²) >= 11 is 0. The zero-order valence-electron chi connectivity index (χ0n) is 10.6. The molecular formula is C14H16N2O2. The van der Waals surface area contributed by atoms with Crippen LogP contribution in [0.5, 0.6) is 0 Å². The van der Waals surface area contributed by atoms with Crippen molar-refractivity contribution in [2.45, 2.75) is 25.9 Å². The molecule has 1 aliphatic rings. The molecule has 1 aliphatic carbocycles. The van der Waals surface area contributed by atoms with E-state index in [4.69, 9.17) is 4.74 Å². The van der Waals surface area contributed by atoms with Gasteiger partial charge in [0.15, 0.2) is 11.9 Å². The second kappa shape index (κ2) is 4.12. The Hall–Kier alpha value is -1.84. The summed E-state index contributed by atoms with van der Waals surface area (Å²) in [6.07, 6.45) is 1.64. The molecule has 0 bridgehead atoms. The summed E-state index contributed by atoms with van der Waals surface area (Å²) in [5.41, 5.74) is 1.99. The SMILES string of the molecule is CC(OC(=O)C1CC1)c1nc2ccccc2n1C. The molecule has 1 unspecified atom stereocenters. The molecular weight excluding hydrogens is 228 g/mol. The smallest absolute Gasteiger partial charge is 0.309 e. The summed E-state index contributed by atoms with van der Waals surface area (Å²) in [4.78, 5) is 16.2. The van der Waals surface area contributed by atoms with Crippen molar-refractivity contribution in [1.82, 2.24) is 9.55 Å². The van der Waals surface area contributed by atoms with E-state index in [2.05, 4.69) is 4.98 Å². The number of ether oxygens (including phenoxy) is 1. The lowest BCUT2D eigenvalue weighted by Gasteiger charge is -2.12. The van der Waals surface area contributed by atoms with Crippen LogP contribution >= 0.6 is 0 Å². The van der Waals surface area contributed by atoms with Gasteiger partial charge in [-0.15, -0.1) is 0 Å². The molecule has 1 aromatic carbocycles. The number of esters is 1. The highest BCUT2D eigenvalue weighted by Gasteiger charge is 2.33. The minimum absolute atomic E-state index is 0.0884. The molecule has 3 rings (SSSR count). The average molecular weight is 244 g/mol. The molecule has 1 saturated carbocycles. The van der Waals surface area contributed by atoms with E-state index in [1.807, 2.05) is 42.8 Å². The fraction of sp³-hybridized carbons (Fsp3) is 0.429. The molecule has 1 fully saturated rings. The first-order chi connectivity index (χ1) is 8.66. The first-order valence-electron chi connectivity index (χ1n) is 6.28. The molecule has 94 valence electrons. The monoisotopic (exact) mass is 244 g/mol. The van der Waals surface area contributed by atoms with Crippen LogP contribution in [0.15, 0.2) is 24.3 Å². The van der Waals surface area contributed by atoms with Gasteiger partial charge in [-0.3, -0.25) is 4.79 Å². The lowest BCUT2D eigenvalue weighted by Crippen LogP contribution is -2.13. The first-order valence-corrected chi connectivity index (χ1v) is 6.28. The van der Waals surface area contributed by atoms with Gasteiger partial charge in [0.05, 0.1) is 17.0 Å². The predicted molar refractivity (Wildman–Crippen MR) is 67.9 cm³/mol. The lowest BCUT2D eigenvalue weighted by atomic mass is 10.3. The number of nitrogens with zero attached hydrogens (tertiary/aromatic N) is 2. The third kappa shape index (κ3) is 1.88. The van der Waals surface area contributed by atoms with Crippen LogP contribution in [0.1, 0.15) is 31.7 Å². The highest BCUT2D eigenvalue weighted by Crippen LogP contribution is 2.32. The molecule has 2 aromatic rings. The number of hydrogen-bond donors (Lipinski definition) is 0. The largest absolute Gasteiger partial charge is 0.454 e. The van der Waals surface area contributed by atoms with Crippen LogP contribution < -0.4 is 0 Å². The molecule has 0 amide bonds. The van der Waals surface area contributed by atoms with Gasteiger partial charge >= 0.3 is 5.97 Å². The highest BCUT2D eigenvalue weighted by molar-refractivity contribution is 5.77. The van der Waals surface area contributed by atoms with Gasteiger partial charge < -0.3 is 9.30 Å². The third-order valence-electron chi connectivity index (χ3n) is 3.39. The van der Waals surface area contributed by atoms with Crippen LogP contribution in [0.4, 0.5) is 0 Å². The van der Waals surface area contributed by atoms with Crippen molar-refractivity contribution < 1.29 is 9.53 Å². The van der Waals surface area contributed by atoms with Gasteiger partial charge in [0, 0.05) is 7.05 Å². The molecule has 1 atom stereocenters. The van der Waals surface area contributed by atoms with Crippen molar-refractivity contribution in [3.8, 4) is 0 Å². The number of hydrogen-bond acceptors (Lipinski definition) is 3. The molecule has 0 N–H and O–H groups in total. The number of fused-ring (bicyclic) bond motifs is 1. The molecule has 0 spiro atoms. The second-order valence-corrected chi connectivity index (χ2v) is 4.87. The molecule has 0 radical (unpaired) electrons. The van der Waals surface area contributed by atoms with Crippen LogP contribution in [0.2, 0.25) is 0 Å². The molecule has 18 heavy (non-hydrogen) atoms. The van der Waals surface area contributed by atoms with Crippen molar-refractivity contribution in [3.05, 3.63) is 30.1 Å². The normalized spacial score (nSPS) is 16.8. The summed E-state index contributed by atoms with van der Waals surface area (Å²) in [6, 6.07) is 7.92. The topological polar surface area (TPSA) is 44.1 Å². The molecule has 0 saturated heterocycles. The quantitative estimate of drug-likeness (QED) is 0.779. The molecule has 0 aliphatic heterocycles. The predicted octanol–water partition coefficient (Wildman–Crippen LogP) is 2.59. The van der Waals surface area contributed by atoms with Gasteiger partial charge in [0.2, 0.25) is 0 Å². The Morgan fingerprint density at radius 3 is 2.83 bits per heavy atom. The summed E-state index contributed by atoms with van der Waals surface area (Å²) in [5.74, 6) is 0.835. The summed E-state index contributed by atoms with van der Waals surface area (Å²) < 4.78 is 7.43. The Morgan fingerprint density at radius 2 is 2.17 bits per heavy atom. The lowest BCUT2D eigenvalue weighted by molar-refractivity contribution is -0.150. The Labute approximate surface area is 106 Å². The van der Waals surface area contributed by atoms with E-state index in [9.17, 15) is 4.79 Å². The molecule has 1 heterocycles. The van der Waals surface area contributed by atoms with Crippen LogP contribution in [0.3, 0.4) is 0 Å². The number of benzene rings is 1. The number of aromatic nitrogens is 2. The van der Waals surface area contributed by atoms with E-state index < -0.39 is 0 Å². The van der Waals surface area contributed by atoms with Crippen molar-refractivity contribution >= 4 is 17.0 Å². The number of para-hydroxylation sites is 2. The minimum atomic E-state index is -0.296. The van der Waals surface area contributed by atoms with Crippen molar-refractivity contribution in [2.75, 3.05) is 0 Å². The van der Waals surface area contributed by atoms with Crippen LogP contribution in [0, 0.1) is 5.92 Å². The van der Waals surface area contributed by atoms with Gasteiger partial charge in [0.25, 0.3) is 0 Å². The maximum Gasteiger partial charge on any atom is 0.309 e. The van der Waals surface area contributed by atoms with E-state index in [0.29, 0.717) is 0 Å². The van der Waals surface area contributed by atoms with Crippen molar-refractivity contribution in [2.24, 2.45) is 13.0 Å². The number of carbonyl (C=O) groups excluding carboxylic acids is 1. The van der Waals surface area contributed by atoms with Crippen LogP contribution in [-0.2, 0) is 16.6 Å². The number of carbonyl (C=O) groups is 1. The molecule has 4 nitrogen and oxygen atoms in total. The van der Waals surface area contributed by atoms with Crippen LogP contribution in [0.25, 0.3) is 11.0 Å². The van der Waals surface area contributed by atoms with E-state index >= 15 is 0 Å². The zero-order chi connectivity index (χ0) is 12.7. The maximum absolute atomic E-state index is 11.7. The highest BCUT2D eigenvalue weighted by atomic mass is 16.5. The Kier molecular flexibility index (Phi) is 2.58. The number of aryl methyl sites for hydroxylation is 1. The van der Waals surface area contributed by atoms with E-state index in [1.54, 1.807) is 0 Å². The van der Waals surface area contributed by atoms with Gasteiger partial charge in [-0.1, -0.05) is 12.1 Å². The summed E-state index contributed by atoms with van der Waals surface area (Å²) in [7, 11) is 1.95. The first kappa shape index (κ1) is 11.3. The van der Waals surface area contributed by atoms with Crippen molar-refractivity contribution in [1.29, 1.82) is 0 Å². The Balaban J connectivity index is 1.88. The second-order valence-electron chi connectivity index (χ2n) is 4.87. The fourth-order valence-electron chi connectivity index (χ4n) is 2.17. The van der Waals surface area contributed by atoms with Gasteiger partial charge in [0.1, 0.15) is 0 Å². The van der Waals surface area contributed by atoms with E-state index in [0.717, 1.165) is 29.7 Å². The van der Waals surface area contributed by atoms with Gasteiger partial charge in [-0.2, -0.15) is 0 Å². The summed E-state index contributed by atoms with van der Waals surface area (Å²) in [5, 5.41) is 0. The van der Waals surface area contributed by atoms with E-state index in [-0.39, 0.29) is 18.0 Å². The fourth-order valence-corrected chi connectivity index (χ4v) is 2.17. The Bertz CT molecular complexity index is 599. The minimum Gasteiger partial charge on any atom is -0.454 e. The maximum atomic E-state index is 11.7. The van der Waals surface area contributed by atoms with E-state index in [1.165, 1.54) is 0 Å². The Morgan fingerprint density at radius 1 is 1.44 bits per heavy atom. The van der Waals surface area contributed by atoms with Crippen molar-refractivity contribution in [3.63, 3.8) is 0 Å².